The first-order chi connectivity index (χ1) is 4.19. The Balaban J connectivity index is 4.79. The highest BCUT2D eigenvalue weighted by atomic mass is 80.0. The second-order valence-corrected chi connectivity index (χ2v) is 13.0. The Morgan fingerprint density at radius 3 is 1.50 bits per heavy atom. The molecule has 0 saturated carbocycles. The maximum atomic E-state index is 11.2. The van der Waals surface area contributed by atoms with Crippen LogP contribution in [0.5, 0.6) is 0 Å². The zero-order valence-corrected chi connectivity index (χ0v) is 11.0. The second kappa shape index (κ2) is 3.41. The van der Waals surface area contributed by atoms with Crippen LogP contribution in [0.1, 0.15) is 13.8 Å². The van der Waals surface area contributed by atoms with E-state index in [-0.39, 0.29) is 0 Å². The van der Waals surface area contributed by atoms with Gasteiger partial charge < -0.3 is 0 Å². The van der Waals surface area contributed by atoms with E-state index in [1.54, 1.807) is 13.8 Å². The summed E-state index contributed by atoms with van der Waals surface area (Å²) in [5.74, 6) is 0. The minimum absolute atomic E-state index is 0.411. The Hall–Kier alpha value is 1.39. The highest BCUT2D eigenvalue weighted by Gasteiger charge is 2.37. The maximum absolute atomic E-state index is 11.2. The Kier molecular flexibility index (Phi) is 3.88. The quantitative estimate of drug-likeness (QED) is 0.675. The van der Waals surface area contributed by atoms with Crippen molar-refractivity contribution in [3.8, 4) is 0 Å². The van der Waals surface area contributed by atoms with Crippen LogP contribution in [0.15, 0.2) is 0 Å². The maximum Gasteiger partial charge on any atom is 0.235 e. The van der Waals surface area contributed by atoms with Crippen molar-refractivity contribution in [2.75, 3.05) is 0 Å². The third kappa shape index (κ3) is 2.46. The highest BCUT2D eigenvalue weighted by Crippen LogP contribution is 2.41. The van der Waals surface area contributed by atoms with Gasteiger partial charge in [0.25, 0.3) is 0 Å². The number of hydrogen-bond acceptors (Lipinski definition) is 2. The molecule has 0 aromatic heterocycles. The Bertz CT molecular complexity index is 201. The minimum atomic E-state index is -3.16. The van der Waals surface area contributed by atoms with E-state index >= 15 is 0 Å². The average molecular weight is 359 g/mol. The van der Waals surface area contributed by atoms with E-state index in [0.717, 1.165) is 0 Å². The van der Waals surface area contributed by atoms with Crippen LogP contribution in [-0.2, 0) is 9.84 Å². The summed E-state index contributed by atoms with van der Waals surface area (Å²) in [6.45, 7) is 3.24. The monoisotopic (exact) mass is 356 g/mol. The zero-order valence-electron chi connectivity index (χ0n) is 5.44. The predicted octanol–water partition coefficient (Wildman–Crippen LogP) is 2.61. The fourth-order valence-corrected chi connectivity index (χ4v) is 4.17. The fraction of sp³-hybridized carbons (Fsp3) is 1.00. The van der Waals surface area contributed by atoms with Gasteiger partial charge in [0.1, 0.15) is 0 Å². The molecule has 0 unspecified atom stereocenters. The summed E-state index contributed by atoms with van der Waals surface area (Å²) < 4.78 is 21.2. The number of alkyl halides is 3. The van der Waals surface area contributed by atoms with E-state index in [1.165, 1.54) is 0 Å². The lowest BCUT2D eigenvalue weighted by Crippen LogP contribution is -2.26. The van der Waals surface area contributed by atoms with Crippen molar-refractivity contribution in [1.82, 2.24) is 0 Å². The van der Waals surface area contributed by atoms with Gasteiger partial charge >= 0.3 is 0 Å². The third-order valence-electron chi connectivity index (χ3n) is 0.943. The molecule has 6 heteroatoms. The number of rotatable bonds is 1. The summed E-state index contributed by atoms with van der Waals surface area (Å²) in [5.41, 5.74) is 0. The number of sulfone groups is 1. The SMILES string of the molecule is CC(C)S(=O)(=O)C(Br)(Br)Br. The van der Waals surface area contributed by atoms with Crippen molar-refractivity contribution in [3.63, 3.8) is 0 Å². The lowest BCUT2D eigenvalue weighted by Gasteiger charge is -2.15. The summed E-state index contributed by atoms with van der Waals surface area (Å²) in [5, 5.41) is -0.411. The predicted molar refractivity (Wildman–Crippen MR) is 53.6 cm³/mol. The van der Waals surface area contributed by atoms with Crippen LogP contribution in [0.4, 0.5) is 0 Å². The van der Waals surface area contributed by atoms with Crippen molar-refractivity contribution < 1.29 is 8.42 Å². The van der Waals surface area contributed by atoms with Crippen LogP contribution in [0.3, 0.4) is 0 Å². The van der Waals surface area contributed by atoms with E-state index in [2.05, 4.69) is 47.8 Å². The highest BCUT2D eigenvalue weighted by molar-refractivity contribution is 9.42. The molecular formula is C4H7Br3O2S. The molecular weight excluding hydrogens is 352 g/mol. The van der Waals surface area contributed by atoms with Gasteiger partial charge in [0.05, 0.1) is 5.25 Å². The van der Waals surface area contributed by atoms with Crippen molar-refractivity contribution in [1.29, 1.82) is 0 Å². The van der Waals surface area contributed by atoms with Crippen molar-refractivity contribution in [2.24, 2.45) is 0 Å². The molecule has 0 radical (unpaired) electrons. The largest absolute Gasteiger partial charge is 0.235 e. The third-order valence-corrected chi connectivity index (χ3v) is 6.89. The van der Waals surface area contributed by atoms with Gasteiger partial charge in [-0.05, 0) is 61.6 Å². The van der Waals surface area contributed by atoms with E-state index in [9.17, 15) is 8.42 Å². The van der Waals surface area contributed by atoms with Crippen LogP contribution < -0.4 is 0 Å². The molecule has 62 valence electrons. The fourth-order valence-electron chi connectivity index (χ4n) is 0.267. The lowest BCUT2D eigenvalue weighted by atomic mass is 10.6. The molecule has 0 aliphatic carbocycles. The van der Waals surface area contributed by atoms with Gasteiger partial charge in [0.15, 0.2) is 9.84 Å². The molecule has 0 amide bonds. The summed E-state index contributed by atoms with van der Waals surface area (Å²) in [6, 6.07) is 0. The molecule has 0 heterocycles. The van der Waals surface area contributed by atoms with Crippen molar-refractivity contribution >= 4 is 57.6 Å². The van der Waals surface area contributed by atoms with Crippen LogP contribution >= 0.6 is 47.8 Å². The Morgan fingerprint density at radius 1 is 1.20 bits per heavy atom. The van der Waals surface area contributed by atoms with Gasteiger partial charge in [-0.3, -0.25) is 0 Å². The normalized spacial score (nSPS) is 14.2. The first kappa shape index (κ1) is 11.4. The molecule has 10 heavy (non-hydrogen) atoms. The van der Waals surface area contributed by atoms with Gasteiger partial charge in [0, 0.05) is 0 Å². The van der Waals surface area contributed by atoms with E-state index in [0.29, 0.717) is 0 Å². The van der Waals surface area contributed by atoms with Gasteiger partial charge in [-0.15, -0.1) is 0 Å². The standard InChI is InChI=1S/C4H7Br3O2S/c1-3(2)10(8,9)4(5,6)7/h3H,1-2H3. The second-order valence-electron chi connectivity index (χ2n) is 2.04. The molecule has 0 aliphatic heterocycles. The van der Waals surface area contributed by atoms with Gasteiger partial charge in [0.2, 0.25) is 1.47 Å². The summed E-state index contributed by atoms with van der Waals surface area (Å²) in [6.07, 6.45) is 0. The smallest absolute Gasteiger partial charge is 0.225 e. The first-order valence-corrected chi connectivity index (χ1v) is 6.42. The number of hydrogen-bond donors (Lipinski definition) is 0. The number of halogens is 3. The van der Waals surface area contributed by atoms with Gasteiger partial charge in [-0.2, -0.15) is 0 Å². The van der Waals surface area contributed by atoms with Crippen LogP contribution in [-0.4, -0.2) is 15.1 Å². The molecule has 0 spiro atoms. The van der Waals surface area contributed by atoms with E-state index in [4.69, 9.17) is 0 Å². The molecule has 0 rings (SSSR count). The van der Waals surface area contributed by atoms with Crippen molar-refractivity contribution in [2.45, 2.75) is 20.6 Å². The van der Waals surface area contributed by atoms with E-state index < -0.39 is 16.6 Å². The molecule has 0 aromatic rings. The molecule has 0 aliphatic rings. The average Bonchev–Trinajstić information content (AvgIpc) is 1.62. The molecule has 0 aromatic carbocycles. The Morgan fingerprint density at radius 2 is 1.50 bits per heavy atom. The molecule has 0 saturated heterocycles. The zero-order chi connectivity index (χ0) is 8.58. The van der Waals surface area contributed by atoms with Crippen LogP contribution in [0.25, 0.3) is 0 Å². The molecule has 0 fully saturated rings. The Labute approximate surface area is 86.1 Å². The van der Waals surface area contributed by atoms with Crippen LogP contribution in [0, 0.1) is 0 Å². The summed E-state index contributed by atoms with van der Waals surface area (Å²) in [7, 11) is -3.16. The van der Waals surface area contributed by atoms with E-state index in [1.807, 2.05) is 0 Å². The van der Waals surface area contributed by atoms with Crippen molar-refractivity contribution in [3.05, 3.63) is 0 Å². The van der Waals surface area contributed by atoms with Crippen LogP contribution in [0.2, 0.25) is 0 Å². The molecule has 0 atom stereocenters. The molecule has 0 N–H and O–H groups in total. The summed E-state index contributed by atoms with van der Waals surface area (Å²) >= 11 is 8.84. The topological polar surface area (TPSA) is 34.1 Å². The first-order valence-electron chi connectivity index (χ1n) is 2.49. The lowest BCUT2D eigenvalue weighted by molar-refractivity contribution is 0.590. The molecule has 0 bridgehead atoms. The molecule has 2 nitrogen and oxygen atoms in total. The van der Waals surface area contributed by atoms with Gasteiger partial charge in [-0.25, -0.2) is 8.42 Å². The van der Waals surface area contributed by atoms with Gasteiger partial charge in [-0.1, -0.05) is 0 Å². The summed E-state index contributed by atoms with van der Waals surface area (Å²) in [4.78, 5) is 0. The minimum Gasteiger partial charge on any atom is -0.225 e.